The fraction of sp³-hybridized carbons (Fsp3) is 0.464. The standard InChI is InChI=1S/C28H33FN4O7S/c29-21-9-7-20(8-10-21)26(27(35)30-18-22-4-3-15-40-22)32(12-11-31-13-16-39-17-14-31)25(34)19-33-28(36)23-5-1-2-6-24(23)41(33,37)38/h1-2,5-10,22,26H,3-4,11-19H2,(H,30,35)/t22-,26+/m0/s1. The SMILES string of the molecule is O=C(NC[C@@H]1CCCO1)[C@@H](c1ccc(F)cc1)N(CCN1CCOCC1)C(=O)CN1C(=O)c2ccccc2S1(=O)=O. The summed E-state index contributed by atoms with van der Waals surface area (Å²) in [5, 5.41) is 2.86. The number of rotatable bonds is 10. The summed E-state index contributed by atoms with van der Waals surface area (Å²) in [7, 11) is -4.25. The van der Waals surface area contributed by atoms with E-state index in [4.69, 9.17) is 9.47 Å². The minimum atomic E-state index is -4.25. The van der Waals surface area contributed by atoms with Crippen LogP contribution in [0.5, 0.6) is 0 Å². The van der Waals surface area contributed by atoms with E-state index >= 15 is 0 Å². The number of morpholine rings is 1. The van der Waals surface area contributed by atoms with E-state index in [-0.39, 0.29) is 29.7 Å². The number of amides is 3. The number of hydrogen-bond acceptors (Lipinski definition) is 8. The van der Waals surface area contributed by atoms with E-state index in [1.165, 1.54) is 47.4 Å². The Morgan fingerprint density at radius 1 is 1.07 bits per heavy atom. The van der Waals surface area contributed by atoms with Crippen molar-refractivity contribution in [3.05, 3.63) is 65.5 Å². The van der Waals surface area contributed by atoms with Gasteiger partial charge >= 0.3 is 0 Å². The zero-order valence-electron chi connectivity index (χ0n) is 22.5. The Morgan fingerprint density at radius 3 is 2.49 bits per heavy atom. The number of nitrogens with one attached hydrogen (secondary N) is 1. The number of benzene rings is 2. The van der Waals surface area contributed by atoms with Gasteiger partial charge in [-0.2, -0.15) is 0 Å². The monoisotopic (exact) mass is 588 g/mol. The number of hydrogen-bond donors (Lipinski definition) is 1. The van der Waals surface area contributed by atoms with E-state index in [2.05, 4.69) is 10.2 Å². The molecule has 0 unspecified atom stereocenters. The molecule has 0 aromatic heterocycles. The maximum Gasteiger partial charge on any atom is 0.269 e. The molecule has 3 aliphatic heterocycles. The van der Waals surface area contributed by atoms with Crippen molar-refractivity contribution >= 4 is 27.7 Å². The molecule has 220 valence electrons. The molecule has 5 rings (SSSR count). The third-order valence-electron chi connectivity index (χ3n) is 7.55. The van der Waals surface area contributed by atoms with E-state index in [0.29, 0.717) is 49.3 Å². The Morgan fingerprint density at radius 2 is 1.80 bits per heavy atom. The minimum Gasteiger partial charge on any atom is -0.379 e. The molecule has 11 nitrogen and oxygen atoms in total. The van der Waals surface area contributed by atoms with Crippen LogP contribution in [0.2, 0.25) is 0 Å². The molecule has 41 heavy (non-hydrogen) atoms. The smallest absolute Gasteiger partial charge is 0.269 e. The second kappa shape index (κ2) is 12.6. The molecule has 3 aliphatic rings. The van der Waals surface area contributed by atoms with Crippen LogP contribution in [0.4, 0.5) is 4.39 Å². The maximum atomic E-state index is 13.9. The molecule has 3 amide bonds. The van der Waals surface area contributed by atoms with Crippen LogP contribution >= 0.6 is 0 Å². The normalized spacial score (nSPS) is 21.0. The van der Waals surface area contributed by atoms with Gasteiger partial charge < -0.3 is 19.7 Å². The first kappa shape index (κ1) is 29.1. The van der Waals surface area contributed by atoms with Crippen LogP contribution in [0.15, 0.2) is 53.4 Å². The zero-order valence-corrected chi connectivity index (χ0v) is 23.4. The van der Waals surface area contributed by atoms with Gasteiger partial charge in [0.05, 0.1) is 24.9 Å². The quantitative estimate of drug-likeness (QED) is 0.439. The van der Waals surface area contributed by atoms with Crippen LogP contribution in [0.25, 0.3) is 0 Å². The van der Waals surface area contributed by atoms with Crippen LogP contribution in [-0.2, 0) is 29.1 Å². The Balaban J connectivity index is 1.44. The number of ether oxygens (including phenoxy) is 2. The number of fused-ring (bicyclic) bond motifs is 1. The molecule has 2 fully saturated rings. The number of nitrogens with zero attached hydrogens (tertiary/aromatic N) is 3. The van der Waals surface area contributed by atoms with Crippen molar-refractivity contribution in [2.75, 3.05) is 59.1 Å². The van der Waals surface area contributed by atoms with Crippen molar-refractivity contribution < 1.29 is 36.7 Å². The molecule has 0 bridgehead atoms. The van der Waals surface area contributed by atoms with Gasteiger partial charge in [0.25, 0.3) is 15.9 Å². The molecule has 13 heteroatoms. The van der Waals surface area contributed by atoms with Crippen molar-refractivity contribution in [2.24, 2.45) is 0 Å². The number of carbonyl (C=O) groups excluding carboxylic acids is 3. The minimum absolute atomic E-state index is 0.00967. The van der Waals surface area contributed by atoms with E-state index in [1.807, 2.05) is 0 Å². The van der Waals surface area contributed by atoms with Gasteiger partial charge in [-0.05, 0) is 42.7 Å². The van der Waals surface area contributed by atoms with Gasteiger partial charge in [0.1, 0.15) is 23.3 Å². The Bertz CT molecular complexity index is 1380. The summed E-state index contributed by atoms with van der Waals surface area (Å²) in [4.78, 5) is 43.9. The predicted octanol–water partition coefficient (Wildman–Crippen LogP) is 1.17. The van der Waals surface area contributed by atoms with Crippen LogP contribution < -0.4 is 5.32 Å². The number of halogens is 1. The highest BCUT2D eigenvalue weighted by atomic mass is 32.2. The Kier molecular flexibility index (Phi) is 8.97. The summed E-state index contributed by atoms with van der Waals surface area (Å²) >= 11 is 0. The van der Waals surface area contributed by atoms with Gasteiger partial charge in [0.15, 0.2) is 0 Å². The molecule has 1 N–H and O–H groups in total. The fourth-order valence-electron chi connectivity index (χ4n) is 5.31. The highest BCUT2D eigenvalue weighted by Gasteiger charge is 2.43. The predicted molar refractivity (Wildman–Crippen MR) is 145 cm³/mol. The maximum absolute atomic E-state index is 13.9. The van der Waals surface area contributed by atoms with E-state index in [0.717, 1.165) is 12.8 Å². The summed E-state index contributed by atoms with van der Waals surface area (Å²) in [6, 6.07) is 9.83. The summed E-state index contributed by atoms with van der Waals surface area (Å²) in [5.74, 6) is -2.56. The average Bonchev–Trinajstić information content (AvgIpc) is 3.57. The van der Waals surface area contributed by atoms with Gasteiger partial charge in [-0.1, -0.05) is 24.3 Å². The van der Waals surface area contributed by atoms with Gasteiger partial charge in [0.2, 0.25) is 11.8 Å². The van der Waals surface area contributed by atoms with Crippen LogP contribution in [-0.4, -0.2) is 105 Å². The lowest BCUT2D eigenvalue weighted by atomic mass is 10.0. The van der Waals surface area contributed by atoms with Crippen molar-refractivity contribution in [2.45, 2.75) is 29.9 Å². The molecule has 3 heterocycles. The van der Waals surface area contributed by atoms with Gasteiger partial charge in [0, 0.05) is 39.3 Å². The van der Waals surface area contributed by atoms with Crippen LogP contribution in [0, 0.1) is 5.82 Å². The first-order chi connectivity index (χ1) is 19.8. The highest BCUT2D eigenvalue weighted by molar-refractivity contribution is 7.90. The van der Waals surface area contributed by atoms with Crippen LogP contribution in [0.1, 0.15) is 34.8 Å². The zero-order chi connectivity index (χ0) is 29.0. The molecule has 0 radical (unpaired) electrons. The van der Waals surface area contributed by atoms with Crippen molar-refractivity contribution in [1.82, 2.24) is 19.4 Å². The highest BCUT2D eigenvalue weighted by Crippen LogP contribution is 2.31. The van der Waals surface area contributed by atoms with Crippen molar-refractivity contribution in [3.63, 3.8) is 0 Å². The average molecular weight is 589 g/mol. The van der Waals surface area contributed by atoms with Gasteiger partial charge in [-0.3, -0.25) is 19.3 Å². The third kappa shape index (κ3) is 6.43. The first-order valence-corrected chi connectivity index (χ1v) is 15.1. The second-order valence-electron chi connectivity index (χ2n) is 10.2. The second-order valence-corrected chi connectivity index (χ2v) is 12.0. The van der Waals surface area contributed by atoms with Crippen molar-refractivity contribution in [3.8, 4) is 0 Å². The third-order valence-corrected chi connectivity index (χ3v) is 9.33. The fourth-order valence-corrected chi connectivity index (χ4v) is 6.83. The molecule has 0 aliphatic carbocycles. The Hall–Kier alpha value is -3.39. The van der Waals surface area contributed by atoms with E-state index in [9.17, 15) is 27.2 Å². The van der Waals surface area contributed by atoms with Crippen molar-refractivity contribution in [1.29, 1.82) is 0 Å². The molecule has 0 spiro atoms. The molecule has 2 atom stereocenters. The summed E-state index contributed by atoms with van der Waals surface area (Å²) in [6.07, 6.45) is 1.51. The van der Waals surface area contributed by atoms with Gasteiger partial charge in [-0.15, -0.1) is 0 Å². The molecule has 2 aromatic carbocycles. The topological polar surface area (TPSA) is 126 Å². The largest absolute Gasteiger partial charge is 0.379 e. The Labute approximate surface area is 238 Å². The van der Waals surface area contributed by atoms with E-state index in [1.54, 1.807) is 6.07 Å². The van der Waals surface area contributed by atoms with E-state index < -0.39 is 46.1 Å². The summed E-state index contributed by atoms with van der Waals surface area (Å²) < 4.78 is 51.8. The first-order valence-electron chi connectivity index (χ1n) is 13.7. The molecular weight excluding hydrogens is 555 g/mol. The summed E-state index contributed by atoms with van der Waals surface area (Å²) in [6.45, 7) is 2.80. The molecule has 2 saturated heterocycles. The lowest BCUT2D eigenvalue weighted by Crippen LogP contribution is -2.51. The molecule has 2 aromatic rings. The lowest BCUT2D eigenvalue weighted by molar-refractivity contribution is -0.141. The lowest BCUT2D eigenvalue weighted by Gasteiger charge is -2.35. The molecular formula is C28H33FN4O7S. The molecule has 0 saturated carbocycles. The number of carbonyl (C=O) groups is 3. The van der Waals surface area contributed by atoms with Gasteiger partial charge in [-0.25, -0.2) is 17.1 Å². The summed E-state index contributed by atoms with van der Waals surface area (Å²) in [5.41, 5.74) is 0.343. The van der Waals surface area contributed by atoms with Crippen LogP contribution in [0.3, 0.4) is 0 Å². The number of sulfonamides is 1.